The molecule has 1 fully saturated rings. The zero-order valence-electron chi connectivity index (χ0n) is 20.2. The van der Waals surface area contributed by atoms with Crippen LogP contribution in [0.5, 0.6) is 5.75 Å². The molecule has 0 amide bonds. The maximum atomic E-state index is 15.5. The number of halogens is 1. The summed E-state index contributed by atoms with van der Waals surface area (Å²) in [6.45, 7) is 5.74. The summed E-state index contributed by atoms with van der Waals surface area (Å²) >= 11 is 0. The minimum Gasteiger partial charge on any atom is -0.497 e. The number of ether oxygens (including phenoxy) is 1. The number of carbonyl (C=O) groups is 1. The molecule has 1 saturated heterocycles. The highest BCUT2D eigenvalue weighted by Crippen LogP contribution is 2.37. The van der Waals surface area contributed by atoms with E-state index in [0.717, 1.165) is 36.0 Å². The quantitative estimate of drug-likeness (QED) is 0.377. The normalized spacial score (nSPS) is 18.9. The maximum absolute atomic E-state index is 15.5. The Labute approximate surface area is 206 Å². The van der Waals surface area contributed by atoms with Crippen molar-refractivity contribution in [1.82, 2.24) is 9.88 Å². The summed E-state index contributed by atoms with van der Waals surface area (Å²) in [6, 6.07) is 17.4. The van der Waals surface area contributed by atoms with Crippen LogP contribution >= 0.6 is 0 Å². The molecule has 4 rings (SSSR count). The number of allylic oxidation sites excluding steroid dienone is 1. The van der Waals surface area contributed by atoms with Gasteiger partial charge >= 0.3 is 5.97 Å². The second-order valence-corrected chi connectivity index (χ2v) is 9.41. The summed E-state index contributed by atoms with van der Waals surface area (Å²) in [5, 5.41) is 10.3. The van der Waals surface area contributed by atoms with Gasteiger partial charge in [0.2, 0.25) is 0 Å². The Hall–Kier alpha value is -3.41. The van der Waals surface area contributed by atoms with Crippen LogP contribution in [0.2, 0.25) is 0 Å². The molecule has 184 valence electrons. The van der Waals surface area contributed by atoms with E-state index < -0.39 is 12.1 Å². The number of methoxy groups -OCH3 is 1. The van der Waals surface area contributed by atoms with Gasteiger partial charge in [-0.25, -0.2) is 4.39 Å². The molecule has 0 saturated carbocycles. The predicted molar refractivity (Wildman–Crippen MR) is 136 cm³/mol. The van der Waals surface area contributed by atoms with E-state index in [2.05, 4.69) is 28.6 Å². The molecular weight excluding hydrogens is 443 g/mol. The maximum Gasteiger partial charge on any atom is 0.303 e. The average Bonchev–Trinajstić information content (AvgIpc) is 2.87. The molecule has 1 aliphatic heterocycles. The number of pyridine rings is 1. The van der Waals surface area contributed by atoms with Gasteiger partial charge in [-0.05, 0) is 66.5 Å². The van der Waals surface area contributed by atoms with Crippen LogP contribution in [0.1, 0.15) is 43.0 Å². The second kappa shape index (κ2) is 11.3. The number of aliphatic carboxylic acids is 1. The second-order valence-electron chi connectivity index (χ2n) is 9.41. The number of aromatic nitrogens is 1. The molecule has 0 aliphatic carbocycles. The largest absolute Gasteiger partial charge is 0.497 e. The highest BCUT2D eigenvalue weighted by molar-refractivity contribution is 5.83. The van der Waals surface area contributed by atoms with Crippen molar-refractivity contribution in [3.8, 4) is 5.75 Å². The van der Waals surface area contributed by atoms with Crippen LogP contribution < -0.4 is 4.74 Å². The van der Waals surface area contributed by atoms with Gasteiger partial charge in [-0.1, -0.05) is 36.9 Å². The highest BCUT2D eigenvalue weighted by atomic mass is 19.1. The van der Waals surface area contributed by atoms with Crippen molar-refractivity contribution in [1.29, 1.82) is 0 Å². The number of fused-ring (bicyclic) bond motifs is 1. The zero-order valence-corrected chi connectivity index (χ0v) is 20.2. The van der Waals surface area contributed by atoms with Crippen molar-refractivity contribution >= 4 is 16.9 Å². The number of alkyl halides is 1. The number of rotatable bonds is 10. The van der Waals surface area contributed by atoms with Gasteiger partial charge in [-0.3, -0.25) is 9.78 Å². The van der Waals surface area contributed by atoms with Gasteiger partial charge in [0, 0.05) is 36.8 Å². The van der Waals surface area contributed by atoms with Crippen LogP contribution in [-0.2, 0) is 11.2 Å². The van der Waals surface area contributed by atoms with Crippen molar-refractivity contribution in [2.75, 3.05) is 20.2 Å². The van der Waals surface area contributed by atoms with Crippen molar-refractivity contribution in [2.24, 2.45) is 11.8 Å². The monoisotopic (exact) mass is 476 g/mol. The van der Waals surface area contributed by atoms with Crippen molar-refractivity contribution in [2.45, 2.75) is 38.3 Å². The Bertz CT molecular complexity index is 1170. The summed E-state index contributed by atoms with van der Waals surface area (Å²) in [5.74, 6) is -0.00821. The summed E-state index contributed by atoms with van der Waals surface area (Å²) in [5.41, 5.74) is 3.54. The summed E-state index contributed by atoms with van der Waals surface area (Å²) < 4.78 is 20.8. The molecule has 1 unspecified atom stereocenters. The summed E-state index contributed by atoms with van der Waals surface area (Å²) in [7, 11) is 1.59. The van der Waals surface area contributed by atoms with Crippen LogP contribution in [0.4, 0.5) is 4.39 Å². The van der Waals surface area contributed by atoms with Gasteiger partial charge < -0.3 is 14.7 Å². The molecule has 1 aromatic heterocycles. The van der Waals surface area contributed by atoms with Gasteiger partial charge in [-0.15, -0.1) is 0 Å². The standard InChI is InChI=1S/C29H33FN2O3/c1-20(16-21-6-4-3-5-7-21)32-15-13-22(23(19-32)17-29(33)34)8-10-27(30)25-12-14-31-28-11-9-24(35-2)18-26(25)28/h3-7,9,11-12,14,18,22-23,27H,1,8,10,13,15-17,19H2,2H3,(H,33,34)/t22-,23+,27?/m1/s1. The fourth-order valence-corrected chi connectivity index (χ4v) is 5.21. The van der Waals surface area contributed by atoms with E-state index in [4.69, 9.17) is 4.74 Å². The lowest BCUT2D eigenvalue weighted by Crippen LogP contribution is -2.41. The van der Waals surface area contributed by atoms with Crippen molar-refractivity contribution in [3.05, 3.63) is 84.2 Å². The Morgan fingerprint density at radius 3 is 2.77 bits per heavy atom. The van der Waals surface area contributed by atoms with Crippen LogP contribution in [0.15, 0.2) is 73.1 Å². The Morgan fingerprint density at radius 1 is 1.23 bits per heavy atom. The molecule has 2 heterocycles. The highest BCUT2D eigenvalue weighted by Gasteiger charge is 2.32. The third-order valence-electron chi connectivity index (χ3n) is 7.14. The Morgan fingerprint density at radius 2 is 2.03 bits per heavy atom. The topological polar surface area (TPSA) is 62.7 Å². The lowest BCUT2D eigenvalue weighted by molar-refractivity contribution is -0.139. The fourth-order valence-electron chi connectivity index (χ4n) is 5.21. The smallest absolute Gasteiger partial charge is 0.303 e. The third-order valence-corrected chi connectivity index (χ3v) is 7.14. The molecule has 1 aliphatic rings. The summed E-state index contributed by atoms with van der Waals surface area (Å²) in [6.07, 6.45) is 3.16. The number of likely N-dealkylation sites (tertiary alicyclic amines) is 1. The first-order valence-electron chi connectivity index (χ1n) is 12.2. The molecule has 1 N–H and O–H groups in total. The molecule has 3 aromatic rings. The SMILES string of the molecule is C=C(Cc1ccccc1)N1CC[C@@H](CCC(F)c2ccnc3ccc(OC)cc23)[C@@H](CC(=O)O)C1. The number of benzene rings is 2. The minimum absolute atomic E-state index is 0.0322. The first kappa shape index (κ1) is 24.7. The lowest BCUT2D eigenvalue weighted by atomic mass is 9.79. The van der Waals surface area contributed by atoms with E-state index in [-0.39, 0.29) is 18.3 Å². The number of carboxylic acids is 1. The molecule has 5 nitrogen and oxygen atoms in total. The van der Waals surface area contributed by atoms with E-state index in [1.807, 2.05) is 36.4 Å². The van der Waals surface area contributed by atoms with Gasteiger partial charge in [0.15, 0.2) is 0 Å². The van der Waals surface area contributed by atoms with E-state index in [0.29, 0.717) is 30.7 Å². The Kier molecular flexibility index (Phi) is 8.01. The van der Waals surface area contributed by atoms with Crippen LogP contribution in [-0.4, -0.2) is 41.2 Å². The van der Waals surface area contributed by atoms with Crippen LogP contribution in [0.25, 0.3) is 10.9 Å². The van der Waals surface area contributed by atoms with Gasteiger partial charge in [0.25, 0.3) is 0 Å². The number of piperidine rings is 1. The zero-order chi connectivity index (χ0) is 24.8. The molecule has 0 bridgehead atoms. The minimum atomic E-state index is -1.15. The number of carboxylic acid groups (broad SMARTS) is 1. The molecule has 3 atom stereocenters. The van der Waals surface area contributed by atoms with Gasteiger partial charge in [0.05, 0.1) is 19.0 Å². The van der Waals surface area contributed by atoms with E-state index in [9.17, 15) is 9.90 Å². The lowest BCUT2D eigenvalue weighted by Gasteiger charge is -2.40. The molecule has 0 spiro atoms. The average molecular weight is 477 g/mol. The van der Waals surface area contributed by atoms with Gasteiger partial charge in [0.1, 0.15) is 11.9 Å². The first-order valence-corrected chi connectivity index (χ1v) is 12.2. The molecule has 0 radical (unpaired) electrons. The van der Waals surface area contributed by atoms with Crippen molar-refractivity contribution in [3.63, 3.8) is 0 Å². The number of hydrogen-bond acceptors (Lipinski definition) is 4. The first-order chi connectivity index (χ1) is 16.9. The Balaban J connectivity index is 1.41. The summed E-state index contributed by atoms with van der Waals surface area (Å²) in [4.78, 5) is 18.2. The van der Waals surface area contributed by atoms with E-state index >= 15 is 4.39 Å². The molecule has 35 heavy (non-hydrogen) atoms. The van der Waals surface area contributed by atoms with E-state index in [1.54, 1.807) is 19.4 Å². The molecular formula is C29H33FN2O3. The van der Waals surface area contributed by atoms with Crippen LogP contribution in [0.3, 0.4) is 0 Å². The molecule has 2 aromatic carbocycles. The fraction of sp³-hybridized carbons (Fsp3) is 0.379. The number of nitrogens with zero attached hydrogens (tertiary/aromatic N) is 2. The third kappa shape index (κ3) is 6.18. The predicted octanol–water partition coefficient (Wildman–Crippen LogP) is 6.20. The van der Waals surface area contributed by atoms with Crippen molar-refractivity contribution < 1.29 is 19.0 Å². The van der Waals surface area contributed by atoms with E-state index in [1.165, 1.54) is 5.56 Å². The molecule has 6 heteroatoms. The van der Waals surface area contributed by atoms with Crippen LogP contribution in [0, 0.1) is 11.8 Å². The van der Waals surface area contributed by atoms with Gasteiger partial charge in [-0.2, -0.15) is 0 Å². The number of hydrogen-bond donors (Lipinski definition) is 1.